The quantitative estimate of drug-likeness (QED) is 0.119. The Morgan fingerprint density at radius 2 is 0.870 bits per heavy atom. The maximum Gasteiger partial charge on any atom is 0.119 e. The van der Waals surface area contributed by atoms with Gasteiger partial charge in [0.05, 0.1) is 51.8 Å². The van der Waals surface area contributed by atoms with Crippen molar-refractivity contribution in [1.29, 1.82) is 0 Å². The van der Waals surface area contributed by atoms with Crippen molar-refractivity contribution in [1.82, 2.24) is 10.6 Å². The summed E-state index contributed by atoms with van der Waals surface area (Å²) in [6, 6.07) is 16.2. The molecule has 0 aliphatic heterocycles. The normalized spacial score (nSPS) is 12.8. The summed E-state index contributed by atoms with van der Waals surface area (Å²) in [4.78, 5) is 0. The van der Waals surface area contributed by atoms with Gasteiger partial charge in [0.15, 0.2) is 0 Å². The van der Waals surface area contributed by atoms with E-state index in [2.05, 4.69) is 10.6 Å². The van der Waals surface area contributed by atoms with Crippen molar-refractivity contribution in [2.45, 2.75) is 105 Å². The van der Waals surface area contributed by atoms with Crippen LogP contribution in [0.3, 0.4) is 0 Å². The van der Waals surface area contributed by atoms with Crippen LogP contribution in [-0.2, 0) is 32.2 Å². The Balaban J connectivity index is 0.000000460. The number of aliphatic hydroxyl groups excluding tert-OH is 2. The highest BCUT2D eigenvalue weighted by Gasteiger charge is 2.07. The topological polar surface area (TPSA) is 120 Å². The molecule has 2 rings (SSSR count). The fourth-order valence-electron chi connectivity index (χ4n) is 3.68. The molecule has 0 radical (unpaired) electrons. The largest absolute Gasteiger partial charge is 0.491 e. The Morgan fingerprint density at radius 1 is 0.522 bits per heavy atom. The number of nitrogens with one attached hydrogen (secondary N) is 2. The minimum absolute atomic E-state index is 0.237. The average molecular weight is 651 g/mol. The van der Waals surface area contributed by atoms with Crippen LogP contribution in [0.15, 0.2) is 48.5 Å². The highest BCUT2D eigenvalue weighted by molar-refractivity contribution is 5.27. The zero-order valence-corrected chi connectivity index (χ0v) is 29.5. The molecule has 10 nitrogen and oxygen atoms in total. The maximum atomic E-state index is 9.80. The van der Waals surface area contributed by atoms with Crippen LogP contribution < -0.4 is 20.1 Å². The molecule has 10 heteroatoms. The lowest BCUT2D eigenvalue weighted by atomic mass is 10.2. The van der Waals surface area contributed by atoms with Gasteiger partial charge in [0.2, 0.25) is 0 Å². The molecule has 0 aliphatic rings. The molecule has 2 aromatic carbocycles. The van der Waals surface area contributed by atoms with Gasteiger partial charge in [-0.05, 0) is 63.1 Å². The molecule has 0 aliphatic carbocycles. The molecule has 264 valence electrons. The third kappa shape index (κ3) is 24.0. The minimum Gasteiger partial charge on any atom is -0.491 e. The van der Waals surface area contributed by atoms with Gasteiger partial charge in [-0.25, -0.2) is 0 Å². The summed E-state index contributed by atoms with van der Waals surface area (Å²) in [6.45, 7) is 21.4. The molecule has 0 saturated heterocycles. The third-order valence-electron chi connectivity index (χ3n) is 6.15. The zero-order chi connectivity index (χ0) is 34.2. The SMILES string of the molecule is CC(C)NCC(O)COc1ccc(COCCOC(C)C)cc1.CC(C)NCC(O)COc1ccc(COCCOC(C)C)cc1. The van der Waals surface area contributed by atoms with Gasteiger partial charge in [0.25, 0.3) is 0 Å². The first-order chi connectivity index (χ1) is 21.9. The Bertz CT molecular complexity index is 891. The first kappa shape index (κ1) is 41.7. The Kier molecular flexibility index (Phi) is 23.4. The van der Waals surface area contributed by atoms with E-state index in [-0.39, 0.29) is 25.4 Å². The molecule has 46 heavy (non-hydrogen) atoms. The summed E-state index contributed by atoms with van der Waals surface area (Å²) < 4.78 is 33.1. The summed E-state index contributed by atoms with van der Waals surface area (Å²) in [5.74, 6) is 1.50. The van der Waals surface area contributed by atoms with Gasteiger partial charge in [0.1, 0.15) is 36.9 Å². The van der Waals surface area contributed by atoms with Crippen molar-refractivity contribution in [3.8, 4) is 11.5 Å². The van der Waals surface area contributed by atoms with Gasteiger partial charge in [-0.3, -0.25) is 0 Å². The number of benzene rings is 2. The van der Waals surface area contributed by atoms with Gasteiger partial charge >= 0.3 is 0 Å². The predicted molar refractivity (Wildman–Crippen MR) is 184 cm³/mol. The van der Waals surface area contributed by atoms with E-state index in [1.54, 1.807) is 0 Å². The molecule has 2 atom stereocenters. The van der Waals surface area contributed by atoms with Crippen molar-refractivity contribution in [2.75, 3.05) is 52.7 Å². The molecule has 4 N–H and O–H groups in total. The Labute approximate surface area is 278 Å². The highest BCUT2D eigenvalue weighted by Crippen LogP contribution is 2.14. The number of hydrogen-bond acceptors (Lipinski definition) is 10. The van der Waals surface area contributed by atoms with Crippen molar-refractivity contribution in [2.24, 2.45) is 0 Å². The number of rotatable bonds is 24. The van der Waals surface area contributed by atoms with Gasteiger partial charge in [-0.1, -0.05) is 52.0 Å². The number of ether oxygens (including phenoxy) is 6. The van der Waals surface area contributed by atoms with E-state index in [0.717, 1.165) is 22.6 Å². The molecule has 0 bridgehead atoms. The van der Waals surface area contributed by atoms with E-state index in [9.17, 15) is 10.2 Å². The standard InChI is InChI=1S/2C18H31NO4/c2*1-14(2)19-11-17(20)13-23-18-7-5-16(6-8-18)12-21-9-10-22-15(3)4/h2*5-8,14-15,17,19-20H,9-13H2,1-4H3. The van der Waals surface area contributed by atoms with Crippen LogP contribution >= 0.6 is 0 Å². The molecular formula is C36H62N2O8. The number of hydrogen-bond donors (Lipinski definition) is 4. The lowest BCUT2D eigenvalue weighted by Crippen LogP contribution is -2.35. The molecule has 2 aromatic rings. The average Bonchev–Trinajstić information content (AvgIpc) is 3.01. The Hall–Kier alpha value is -2.28. The van der Waals surface area contributed by atoms with Gasteiger partial charge in [0, 0.05) is 25.2 Å². The van der Waals surface area contributed by atoms with Gasteiger partial charge in [-0.2, -0.15) is 0 Å². The Morgan fingerprint density at radius 3 is 1.17 bits per heavy atom. The maximum absolute atomic E-state index is 9.80. The van der Waals surface area contributed by atoms with Crippen LogP contribution in [0.2, 0.25) is 0 Å². The third-order valence-corrected chi connectivity index (χ3v) is 6.15. The van der Waals surface area contributed by atoms with Gasteiger partial charge in [-0.15, -0.1) is 0 Å². The van der Waals surface area contributed by atoms with E-state index in [4.69, 9.17) is 28.4 Å². The van der Waals surface area contributed by atoms with Crippen molar-refractivity contribution in [3.63, 3.8) is 0 Å². The van der Waals surface area contributed by atoms with Crippen LogP contribution in [0.1, 0.15) is 66.5 Å². The van der Waals surface area contributed by atoms with Crippen LogP contribution in [0.25, 0.3) is 0 Å². The van der Waals surface area contributed by atoms with Crippen molar-refractivity contribution < 1.29 is 38.6 Å². The minimum atomic E-state index is -0.513. The molecule has 0 heterocycles. The first-order valence-electron chi connectivity index (χ1n) is 16.6. The summed E-state index contributed by atoms with van der Waals surface area (Å²) >= 11 is 0. The fourth-order valence-corrected chi connectivity index (χ4v) is 3.68. The van der Waals surface area contributed by atoms with Crippen LogP contribution in [0.4, 0.5) is 0 Å². The smallest absolute Gasteiger partial charge is 0.119 e. The summed E-state index contributed by atoms with van der Waals surface area (Å²) in [7, 11) is 0. The molecule has 2 unspecified atom stereocenters. The van der Waals surface area contributed by atoms with Crippen LogP contribution in [0.5, 0.6) is 11.5 Å². The van der Waals surface area contributed by atoms with E-state index in [1.165, 1.54) is 0 Å². The van der Waals surface area contributed by atoms with Crippen LogP contribution in [-0.4, -0.2) is 99.4 Å². The molecule has 0 spiro atoms. The molecule has 0 aromatic heterocycles. The zero-order valence-electron chi connectivity index (χ0n) is 29.5. The molecule has 0 saturated carbocycles. The first-order valence-corrected chi connectivity index (χ1v) is 16.6. The van der Waals surface area contributed by atoms with E-state index in [1.807, 2.05) is 104 Å². The predicted octanol–water partition coefficient (Wildman–Crippen LogP) is 4.73. The van der Waals surface area contributed by atoms with E-state index in [0.29, 0.717) is 64.8 Å². The summed E-state index contributed by atoms with van der Waals surface area (Å²) in [5.41, 5.74) is 2.17. The lowest BCUT2D eigenvalue weighted by molar-refractivity contribution is 0.0142. The van der Waals surface area contributed by atoms with Crippen molar-refractivity contribution in [3.05, 3.63) is 59.7 Å². The second-order valence-corrected chi connectivity index (χ2v) is 12.3. The second kappa shape index (κ2) is 25.8. The molecular weight excluding hydrogens is 588 g/mol. The van der Waals surface area contributed by atoms with E-state index < -0.39 is 12.2 Å². The van der Waals surface area contributed by atoms with Crippen LogP contribution in [0, 0.1) is 0 Å². The molecule has 0 fully saturated rings. The fraction of sp³-hybridized carbons (Fsp3) is 0.667. The van der Waals surface area contributed by atoms with Crippen molar-refractivity contribution >= 4 is 0 Å². The second-order valence-electron chi connectivity index (χ2n) is 12.3. The van der Waals surface area contributed by atoms with Gasteiger partial charge < -0.3 is 49.3 Å². The monoisotopic (exact) mass is 650 g/mol. The highest BCUT2D eigenvalue weighted by atomic mass is 16.5. The number of aliphatic hydroxyl groups is 2. The summed E-state index contributed by atoms with van der Waals surface area (Å²) in [5, 5.41) is 25.9. The summed E-state index contributed by atoms with van der Waals surface area (Å²) in [6.07, 6.45) is -0.551. The van der Waals surface area contributed by atoms with E-state index >= 15 is 0 Å². The lowest BCUT2D eigenvalue weighted by Gasteiger charge is -2.15. The molecule has 0 amide bonds.